The molecule has 6 heteroatoms. The molecule has 0 aliphatic heterocycles. The Morgan fingerprint density at radius 2 is 2.15 bits per heavy atom. The summed E-state index contributed by atoms with van der Waals surface area (Å²) in [5, 5.41) is 9.99. The Kier molecular flexibility index (Phi) is 3.76. The van der Waals surface area contributed by atoms with E-state index < -0.39 is 11.4 Å². The number of aryl methyl sites for hydroxylation is 1. The molecule has 0 bridgehead atoms. The molecule has 0 saturated heterocycles. The van der Waals surface area contributed by atoms with E-state index in [1.165, 1.54) is 30.1 Å². The fourth-order valence-electron chi connectivity index (χ4n) is 1.87. The van der Waals surface area contributed by atoms with Gasteiger partial charge in [0.05, 0.1) is 29.9 Å². The van der Waals surface area contributed by atoms with E-state index in [-0.39, 0.29) is 16.8 Å². The Morgan fingerprint density at radius 1 is 1.45 bits per heavy atom. The molecule has 0 aliphatic carbocycles. The monoisotopic (exact) mass is 280 g/mol. The largest absolute Gasteiger partial charge is 0.494 e. The first-order valence-corrected chi connectivity index (χ1v) is 6.27. The number of benzene rings is 1. The quantitative estimate of drug-likeness (QED) is 0.926. The van der Waals surface area contributed by atoms with Crippen LogP contribution < -0.4 is 10.3 Å². The predicted molar refractivity (Wildman–Crippen MR) is 73.4 cm³/mol. The van der Waals surface area contributed by atoms with Gasteiger partial charge in [-0.15, -0.1) is 0 Å². The van der Waals surface area contributed by atoms with Crippen molar-refractivity contribution in [1.29, 1.82) is 0 Å². The smallest absolute Gasteiger partial charge is 0.261 e. The number of fused-ring (bicyclic) bond motifs is 1. The van der Waals surface area contributed by atoms with Crippen LogP contribution in [0.3, 0.4) is 0 Å². The summed E-state index contributed by atoms with van der Waals surface area (Å²) in [5.41, 5.74) is -0.861. The second-order valence-electron chi connectivity index (χ2n) is 5.31. The number of nitrogens with zero attached hydrogens (tertiary/aromatic N) is 2. The van der Waals surface area contributed by atoms with Crippen LogP contribution in [0, 0.1) is 5.82 Å². The van der Waals surface area contributed by atoms with E-state index in [1.807, 2.05) is 0 Å². The molecule has 0 fully saturated rings. The number of ether oxygens (including phenoxy) is 1. The van der Waals surface area contributed by atoms with Crippen LogP contribution >= 0.6 is 0 Å². The van der Waals surface area contributed by atoms with Crippen LogP contribution in [0.25, 0.3) is 10.9 Å². The molecule has 0 spiro atoms. The molecule has 1 N–H and O–H groups in total. The van der Waals surface area contributed by atoms with E-state index in [1.54, 1.807) is 13.8 Å². The molecule has 0 amide bonds. The van der Waals surface area contributed by atoms with Crippen molar-refractivity contribution in [2.45, 2.75) is 32.4 Å². The predicted octanol–water partition coefficient (Wildman–Crippen LogP) is 1.71. The Morgan fingerprint density at radius 3 is 2.75 bits per heavy atom. The third kappa shape index (κ3) is 2.96. The molecule has 1 aromatic heterocycles. The molecule has 2 aromatic rings. The van der Waals surface area contributed by atoms with Crippen molar-refractivity contribution < 1.29 is 14.2 Å². The summed E-state index contributed by atoms with van der Waals surface area (Å²) in [6, 6.07) is 2.52. The normalized spacial score (nSPS) is 11.8. The Hall–Kier alpha value is -1.95. The van der Waals surface area contributed by atoms with Gasteiger partial charge in [-0.2, -0.15) is 0 Å². The number of hydrogen-bond acceptors (Lipinski definition) is 4. The summed E-state index contributed by atoms with van der Waals surface area (Å²) in [7, 11) is 1.34. The fourth-order valence-corrected chi connectivity index (χ4v) is 1.87. The van der Waals surface area contributed by atoms with Crippen molar-refractivity contribution in [2.24, 2.45) is 0 Å². The highest BCUT2D eigenvalue weighted by Crippen LogP contribution is 2.21. The maximum Gasteiger partial charge on any atom is 0.261 e. The first-order valence-electron chi connectivity index (χ1n) is 6.27. The lowest BCUT2D eigenvalue weighted by molar-refractivity contribution is 0.0659. The van der Waals surface area contributed by atoms with Crippen molar-refractivity contribution in [3.8, 4) is 5.75 Å². The van der Waals surface area contributed by atoms with Gasteiger partial charge in [0.2, 0.25) is 0 Å². The van der Waals surface area contributed by atoms with Crippen LogP contribution in [0.1, 0.15) is 20.3 Å². The maximum atomic E-state index is 13.5. The van der Waals surface area contributed by atoms with Gasteiger partial charge in [0, 0.05) is 12.6 Å². The zero-order valence-electron chi connectivity index (χ0n) is 11.7. The minimum Gasteiger partial charge on any atom is -0.494 e. The van der Waals surface area contributed by atoms with Gasteiger partial charge in [-0.1, -0.05) is 0 Å². The zero-order valence-corrected chi connectivity index (χ0v) is 11.7. The van der Waals surface area contributed by atoms with Gasteiger partial charge in [-0.25, -0.2) is 9.37 Å². The second kappa shape index (κ2) is 5.20. The van der Waals surface area contributed by atoms with Gasteiger partial charge < -0.3 is 9.84 Å². The summed E-state index contributed by atoms with van der Waals surface area (Å²) in [5.74, 6) is -0.544. The topological polar surface area (TPSA) is 64.3 Å². The summed E-state index contributed by atoms with van der Waals surface area (Å²) >= 11 is 0. The lowest BCUT2D eigenvalue weighted by Crippen LogP contribution is -2.27. The summed E-state index contributed by atoms with van der Waals surface area (Å²) in [6.07, 6.45) is 1.78. The average molecular weight is 280 g/mol. The second-order valence-corrected chi connectivity index (χ2v) is 5.31. The number of rotatable bonds is 4. The molecule has 0 radical (unpaired) electrons. The molecule has 0 saturated carbocycles. The lowest BCUT2D eigenvalue weighted by Gasteiger charge is -2.17. The van der Waals surface area contributed by atoms with Gasteiger partial charge in [0.1, 0.15) is 0 Å². The maximum absolute atomic E-state index is 13.5. The first kappa shape index (κ1) is 14.5. The highest BCUT2D eigenvalue weighted by atomic mass is 19.1. The molecule has 108 valence electrons. The molecule has 0 aliphatic rings. The SMILES string of the molecule is COc1cc2c(=O)n(CCC(C)(C)O)cnc2cc1F. The van der Waals surface area contributed by atoms with E-state index in [9.17, 15) is 14.3 Å². The molecule has 0 unspecified atom stereocenters. The van der Waals surface area contributed by atoms with Crippen LogP contribution in [-0.2, 0) is 6.54 Å². The van der Waals surface area contributed by atoms with Crippen molar-refractivity contribution in [1.82, 2.24) is 9.55 Å². The van der Waals surface area contributed by atoms with Gasteiger partial charge in [-0.3, -0.25) is 9.36 Å². The van der Waals surface area contributed by atoms with Crippen molar-refractivity contribution in [2.75, 3.05) is 7.11 Å². The zero-order chi connectivity index (χ0) is 14.9. The number of hydrogen-bond donors (Lipinski definition) is 1. The molecule has 1 aromatic carbocycles. The van der Waals surface area contributed by atoms with Crippen LogP contribution in [0.5, 0.6) is 5.75 Å². The van der Waals surface area contributed by atoms with Gasteiger partial charge >= 0.3 is 0 Å². The van der Waals surface area contributed by atoms with E-state index in [0.29, 0.717) is 18.4 Å². The average Bonchev–Trinajstić information content (AvgIpc) is 2.36. The van der Waals surface area contributed by atoms with Gasteiger partial charge in [0.25, 0.3) is 5.56 Å². The third-order valence-electron chi connectivity index (χ3n) is 3.06. The Labute approximate surface area is 115 Å². The van der Waals surface area contributed by atoms with E-state index in [2.05, 4.69) is 4.98 Å². The summed E-state index contributed by atoms with van der Waals surface area (Å²) < 4.78 is 19.8. The summed E-state index contributed by atoms with van der Waals surface area (Å²) in [4.78, 5) is 16.4. The van der Waals surface area contributed by atoms with E-state index in [4.69, 9.17) is 4.74 Å². The Balaban J connectivity index is 2.47. The van der Waals surface area contributed by atoms with Crippen LogP contribution in [-0.4, -0.2) is 27.4 Å². The number of halogens is 1. The van der Waals surface area contributed by atoms with Crippen molar-refractivity contribution in [3.63, 3.8) is 0 Å². The Bertz CT molecular complexity index is 689. The highest BCUT2D eigenvalue weighted by Gasteiger charge is 2.14. The minimum absolute atomic E-state index is 0.0108. The molecule has 0 atom stereocenters. The van der Waals surface area contributed by atoms with E-state index >= 15 is 0 Å². The van der Waals surface area contributed by atoms with Crippen molar-refractivity contribution in [3.05, 3.63) is 34.6 Å². The third-order valence-corrected chi connectivity index (χ3v) is 3.06. The fraction of sp³-hybridized carbons (Fsp3) is 0.429. The standard InChI is InChI=1S/C14H17FN2O3/c1-14(2,19)4-5-17-8-16-11-7-10(15)12(20-3)6-9(11)13(17)18/h6-8,19H,4-5H2,1-3H3. The number of aliphatic hydroxyl groups is 1. The van der Waals surface area contributed by atoms with Gasteiger partial charge in [-0.05, 0) is 26.3 Å². The lowest BCUT2D eigenvalue weighted by atomic mass is 10.1. The molecule has 2 rings (SSSR count). The number of aromatic nitrogens is 2. The molecular weight excluding hydrogens is 263 g/mol. The molecule has 5 nitrogen and oxygen atoms in total. The first-order chi connectivity index (χ1) is 9.31. The number of methoxy groups -OCH3 is 1. The van der Waals surface area contributed by atoms with Crippen LogP contribution in [0.4, 0.5) is 4.39 Å². The van der Waals surface area contributed by atoms with Crippen LogP contribution in [0.15, 0.2) is 23.3 Å². The molecule has 20 heavy (non-hydrogen) atoms. The van der Waals surface area contributed by atoms with Crippen LogP contribution in [0.2, 0.25) is 0 Å². The van der Waals surface area contributed by atoms with Gasteiger partial charge in [0.15, 0.2) is 11.6 Å². The van der Waals surface area contributed by atoms with Crippen molar-refractivity contribution >= 4 is 10.9 Å². The minimum atomic E-state index is -0.866. The van der Waals surface area contributed by atoms with E-state index in [0.717, 1.165) is 0 Å². The highest BCUT2D eigenvalue weighted by molar-refractivity contribution is 5.79. The molecule has 1 heterocycles. The molecular formula is C14H17FN2O3. The summed E-state index contributed by atoms with van der Waals surface area (Å²) in [6.45, 7) is 3.68.